The molecule has 8 rings (SSSR count). The zero-order chi connectivity index (χ0) is 41.9. The molecular weight excluding hydrogens is 916 g/mol. The molecule has 0 radical (unpaired) electrons. The molecule has 0 bridgehead atoms. The molecule has 58 heavy (non-hydrogen) atoms. The van der Waals surface area contributed by atoms with E-state index < -0.39 is 34.4 Å². The number of hydrogen-bond acceptors (Lipinski definition) is 8. The number of alkyl halides is 6. The first-order valence-electron chi connectivity index (χ1n) is 17.0. The van der Waals surface area contributed by atoms with Crippen LogP contribution in [0.1, 0.15) is 44.7 Å². The summed E-state index contributed by atoms with van der Waals surface area (Å²) in [7, 11) is 0. The summed E-state index contributed by atoms with van der Waals surface area (Å²) >= 11 is 31.7. The molecule has 0 spiro atoms. The van der Waals surface area contributed by atoms with Crippen molar-refractivity contribution in [2.75, 3.05) is 36.0 Å². The quantitative estimate of drug-likeness (QED) is 0.131. The number of carbonyl (C=O) groups is 2. The van der Waals surface area contributed by atoms with Gasteiger partial charge in [-0.1, -0.05) is 81.2 Å². The number of aromatic carboxylic acids is 1. The van der Waals surface area contributed by atoms with Crippen molar-refractivity contribution >= 4 is 123 Å². The minimum atomic E-state index is -4.53. The molecule has 2 fully saturated rings. The predicted octanol–water partition coefficient (Wildman–Crippen LogP) is 12.7. The average Bonchev–Trinajstić information content (AvgIpc) is 3.94. The summed E-state index contributed by atoms with van der Waals surface area (Å²) in [5.74, 6) is -1.11. The van der Waals surface area contributed by atoms with E-state index in [1.54, 1.807) is 40.1 Å². The fraction of sp³-hybridized carbons (Fsp3) is 0.263. The first-order valence-corrected chi connectivity index (χ1v) is 20.5. The van der Waals surface area contributed by atoms with E-state index in [0.717, 1.165) is 22.7 Å². The van der Waals surface area contributed by atoms with Gasteiger partial charge in [0, 0.05) is 46.3 Å². The van der Waals surface area contributed by atoms with Gasteiger partial charge in [-0.2, -0.15) is 26.3 Å². The van der Waals surface area contributed by atoms with Gasteiger partial charge >= 0.3 is 18.3 Å². The molecule has 4 aromatic carbocycles. The number of hydrogen-bond donors (Lipinski definition) is 1. The Morgan fingerprint density at radius 3 is 1.38 bits per heavy atom. The monoisotopic (exact) mass is 938 g/mol. The molecular formula is C38H25Cl5F6N4O3S2. The van der Waals surface area contributed by atoms with Gasteiger partial charge in [0.15, 0.2) is 10.3 Å². The second kappa shape index (κ2) is 15.8. The van der Waals surface area contributed by atoms with E-state index in [-0.39, 0.29) is 81.4 Å². The van der Waals surface area contributed by atoms with Crippen molar-refractivity contribution in [3.8, 4) is 0 Å². The standard InChI is InChI=1S/C19H12Cl3F3N2OS.C19H13Cl2F3N2O2S/c20-11-6-10(7-12(21)8-11)18(19(23,24)25)4-5-27(9-18)17-26-14-3-1-2-13(16(22)28)15(14)29-17;20-11-6-10(7-12(21)8-11)18(19(22,23)24)4-5-26(9-18)17-25-14-3-1-2-13(16(27)28)15(14)29-17/h1-3,6-8H,4-5,9H2;1-3,6-8H,4-5,9H2,(H,27,28). The number of carbonyl (C=O) groups excluding carboxylic acids is 1. The minimum absolute atomic E-state index is 0.0114. The number of fused-ring (bicyclic) bond motifs is 2. The van der Waals surface area contributed by atoms with Gasteiger partial charge in [0.1, 0.15) is 10.8 Å². The molecule has 304 valence electrons. The highest BCUT2D eigenvalue weighted by Crippen LogP contribution is 2.52. The highest BCUT2D eigenvalue weighted by atomic mass is 35.5. The Bertz CT molecular complexity index is 2370. The first-order chi connectivity index (χ1) is 27.2. The number of anilines is 2. The lowest BCUT2D eigenvalue weighted by molar-refractivity contribution is -0.185. The van der Waals surface area contributed by atoms with Crippen LogP contribution >= 0.6 is 80.7 Å². The smallest absolute Gasteiger partial charge is 0.400 e. The topological polar surface area (TPSA) is 86.6 Å². The number of halogens is 11. The van der Waals surface area contributed by atoms with Crippen LogP contribution in [0.15, 0.2) is 72.8 Å². The number of rotatable bonds is 6. The SMILES string of the molecule is O=C(Cl)c1cccc2nc(N3CCC(c4cc(Cl)cc(Cl)c4)(C(F)(F)F)C3)sc12.O=C(O)c1cccc2nc(N3CCC(c4cc(Cl)cc(Cl)c4)(C(F)(F)F)C3)sc12. The van der Waals surface area contributed by atoms with Crippen molar-refractivity contribution in [1.29, 1.82) is 0 Å². The zero-order valence-electron chi connectivity index (χ0n) is 29.2. The molecule has 0 amide bonds. The lowest BCUT2D eigenvalue weighted by atomic mass is 9.79. The summed E-state index contributed by atoms with van der Waals surface area (Å²) < 4.78 is 86.4. The molecule has 1 N–H and O–H groups in total. The van der Waals surface area contributed by atoms with E-state index in [1.807, 2.05) is 0 Å². The van der Waals surface area contributed by atoms with Crippen LogP contribution in [0, 0.1) is 0 Å². The van der Waals surface area contributed by atoms with E-state index in [0.29, 0.717) is 30.7 Å². The van der Waals surface area contributed by atoms with Crippen LogP contribution in [-0.4, -0.2) is 64.8 Å². The van der Waals surface area contributed by atoms with Gasteiger partial charge in [-0.3, -0.25) is 4.79 Å². The summed E-state index contributed by atoms with van der Waals surface area (Å²) in [5, 5.41) is 10.1. The first kappa shape index (κ1) is 42.6. The van der Waals surface area contributed by atoms with E-state index in [4.69, 9.17) is 58.0 Å². The second-order valence-corrected chi connectivity index (χ2v) is 17.7. The third-order valence-electron chi connectivity index (χ3n) is 10.2. The van der Waals surface area contributed by atoms with Gasteiger partial charge in [0.05, 0.1) is 31.6 Å². The Morgan fingerprint density at radius 2 is 1.02 bits per heavy atom. The maximum atomic E-state index is 14.2. The molecule has 0 aliphatic carbocycles. The largest absolute Gasteiger partial charge is 0.478 e. The molecule has 2 saturated heterocycles. The molecule has 0 saturated carbocycles. The fourth-order valence-corrected chi connectivity index (χ4v) is 10.8. The lowest BCUT2D eigenvalue weighted by Gasteiger charge is -2.32. The number of carboxylic acid groups (broad SMARTS) is 1. The van der Waals surface area contributed by atoms with Gasteiger partial charge in [0.2, 0.25) is 0 Å². The summed E-state index contributed by atoms with van der Waals surface area (Å²) in [6.07, 6.45) is -9.39. The number of aromatic nitrogens is 2. The minimum Gasteiger partial charge on any atom is -0.478 e. The summed E-state index contributed by atoms with van der Waals surface area (Å²) in [6, 6.07) is 17.6. The Labute approximate surface area is 358 Å². The van der Waals surface area contributed by atoms with Crippen LogP contribution in [0.25, 0.3) is 20.4 Å². The summed E-state index contributed by atoms with van der Waals surface area (Å²) in [6.45, 7) is -0.411. The van der Waals surface area contributed by atoms with Crippen LogP contribution in [0.5, 0.6) is 0 Å². The summed E-state index contributed by atoms with van der Waals surface area (Å²) in [4.78, 5) is 35.0. The Hall–Kier alpha value is -3.57. The molecule has 4 heterocycles. The molecule has 20 heteroatoms. The van der Waals surface area contributed by atoms with Crippen LogP contribution in [0.3, 0.4) is 0 Å². The highest BCUT2D eigenvalue weighted by Gasteiger charge is 2.60. The maximum absolute atomic E-state index is 14.2. The van der Waals surface area contributed by atoms with E-state index in [2.05, 4.69) is 9.97 Å². The van der Waals surface area contributed by atoms with Crippen LogP contribution < -0.4 is 9.80 Å². The van der Waals surface area contributed by atoms with E-state index >= 15 is 0 Å². The van der Waals surface area contributed by atoms with Crippen molar-refractivity contribution in [2.24, 2.45) is 0 Å². The lowest BCUT2D eigenvalue weighted by Crippen LogP contribution is -2.44. The Kier molecular flexibility index (Phi) is 11.6. The van der Waals surface area contributed by atoms with E-state index in [9.17, 15) is 41.0 Å². The van der Waals surface area contributed by atoms with Gasteiger partial charge in [-0.15, -0.1) is 0 Å². The van der Waals surface area contributed by atoms with Crippen molar-refractivity contribution < 1.29 is 41.0 Å². The van der Waals surface area contributed by atoms with Crippen LogP contribution in [-0.2, 0) is 10.8 Å². The molecule has 2 unspecified atom stereocenters. The van der Waals surface area contributed by atoms with Gasteiger partial charge in [-0.05, 0) is 96.2 Å². The highest BCUT2D eigenvalue weighted by molar-refractivity contribution is 7.23. The van der Waals surface area contributed by atoms with Crippen LogP contribution in [0.4, 0.5) is 36.6 Å². The number of carboxylic acids is 1. The molecule has 7 nitrogen and oxygen atoms in total. The van der Waals surface area contributed by atoms with Gasteiger partial charge in [0.25, 0.3) is 5.24 Å². The zero-order valence-corrected chi connectivity index (χ0v) is 34.6. The van der Waals surface area contributed by atoms with Crippen molar-refractivity contribution in [1.82, 2.24) is 9.97 Å². The van der Waals surface area contributed by atoms with E-state index in [1.165, 1.54) is 42.5 Å². The van der Waals surface area contributed by atoms with Crippen LogP contribution in [0.2, 0.25) is 20.1 Å². The van der Waals surface area contributed by atoms with Gasteiger partial charge < -0.3 is 14.9 Å². The van der Waals surface area contributed by atoms with Gasteiger partial charge in [-0.25, -0.2) is 14.8 Å². The second-order valence-electron chi connectivity index (χ2n) is 13.7. The molecule has 6 aromatic rings. The average molecular weight is 941 g/mol. The van der Waals surface area contributed by atoms with Crippen molar-refractivity contribution in [3.63, 3.8) is 0 Å². The maximum Gasteiger partial charge on any atom is 0.400 e. The normalized spacial score (nSPS) is 19.8. The fourth-order valence-electron chi connectivity index (χ4n) is 7.34. The number of nitrogens with zero attached hydrogens (tertiary/aromatic N) is 4. The molecule has 2 aliphatic heterocycles. The third-order valence-corrected chi connectivity index (χ3v) is 13.7. The van der Waals surface area contributed by atoms with Crippen molar-refractivity contribution in [2.45, 2.75) is 36.0 Å². The molecule has 2 atom stereocenters. The predicted molar refractivity (Wildman–Crippen MR) is 218 cm³/mol. The third kappa shape index (κ3) is 7.91. The number of benzene rings is 4. The number of thiazole rings is 2. The van der Waals surface area contributed by atoms with Crippen molar-refractivity contribution in [3.05, 3.63) is 115 Å². The summed E-state index contributed by atoms with van der Waals surface area (Å²) in [5.41, 5.74) is -2.89. The Balaban J connectivity index is 0.000000177. The molecule has 2 aromatic heterocycles. The molecule has 2 aliphatic rings. The Morgan fingerprint density at radius 1 is 0.638 bits per heavy atom.